The monoisotopic (exact) mass is 374 g/mol. The molecule has 9 heteroatoms. The number of benzene rings is 1. The Bertz CT molecular complexity index is 861. The van der Waals surface area contributed by atoms with Gasteiger partial charge in [-0.25, -0.2) is 19.2 Å². The maximum Gasteiger partial charge on any atom is 0.259 e. The van der Waals surface area contributed by atoms with E-state index in [1.807, 2.05) is 19.1 Å². The first kappa shape index (κ1) is 18.6. The minimum absolute atomic E-state index is 0.0313. The fraction of sp³-hybridized carbons (Fsp3) is 0.278. The summed E-state index contributed by atoms with van der Waals surface area (Å²) in [5.41, 5.74) is 9.43. The van der Waals surface area contributed by atoms with Gasteiger partial charge in [0, 0.05) is 17.5 Å². The number of halogens is 2. The smallest absolute Gasteiger partial charge is 0.259 e. The number of amides is 1. The number of hydrogen-bond donors (Lipinski definition) is 2. The molecule has 3 rings (SSSR count). The number of hydrazine groups is 1. The van der Waals surface area contributed by atoms with E-state index in [4.69, 9.17) is 5.73 Å². The van der Waals surface area contributed by atoms with Crippen LogP contribution in [0.1, 0.15) is 25.3 Å². The molecule has 0 unspecified atom stereocenters. The number of carbonyl (C=O) groups is 1. The lowest BCUT2D eigenvalue weighted by Crippen LogP contribution is -2.41. The van der Waals surface area contributed by atoms with Gasteiger partial charge in [0.05, 0.1) is 6.54 Å². The Labute approximate surface area is 155 Å². The van der Waals surface area contributed by atoms with Gasteiger partial charge in [-0.3, -0.25) is 4.79 Å². The van der Waals surface area contributed by atoms with E-state index in [1.54, 1.807) is 11.1 Å². The summed E-state index contributed by atoms with van der Waals surface area (Å²) in [6, 6.07) is 3.84. The van der Waals surface area contributed by atoms with E-state index in [1.165, 1.54) is 12.1 Å². The molecule has 0 saturated heterocycles. The molecule has 3 N–H and O–H groups in total. The van der Waals surface area contributed by atoms with Gasteiger partial charge in [0.15, 0.2) is 23.3 Å². The van der Waals surface area contributed by atoms with Gasteiger partial charge < -0.3 is 10.6 Å². The van der Waals surface area contributed by atoms with Crippen LogP contribution in [0.25, 0.3) is 0 Å². The van der Waals surface area contributed by atoms with Gasteiger partial charge in [-0.15, -0.1) is 5.10 Å². The molecule has 0 aliphatic carbocycles. The van der Waals surface area contributed by atoms with Gasteiger partial charge >= 0.3 is 0 Å². The molecule has 0 saturated carbocycles. The molecule has 0 atom stereocenters. The zero-order valence-corrected chi connectivity index (χ0v) is 14.8. The molecule has 0 fully saturated rings. The standard InChI is InChI=1S/C18H20F2N6O/c1-12-6-3-2-4-9-25-11-15(27)23-26(24-18(25)17(21)22-12)10-13-7-5-8-14(19)16(13)20/h4-9H,2-3,10-11H2,1H3,(H2,21,22)(H,23,27)/b9-4+,12-6+. The second kappa shape index (κ2) is 7.98. The number of rotatable bonds is 2. The lowest BCUT2D eigenvalue weighted by Gasteiger charge is -2.20. The minimum atomic E-state index is -0.987. The number of amidine groups is 2. The van der Waals surface area contributed by atoms with E-state index in [2.05, 4.69) is 15.5 Å². The van der Waals surface area contributed by atoms with E-state index in [0.29, 0.717) is 0 Å². The average molecular weight is 374 g/mol. The lowest BCUT2D eigenvalue weighted by molar-refractivity contribution is -0.125. The maximum atomic E-state index is 14.0. The number of nitrogens with one attached hydrogen (secondary N) is 1. The summed E-state index contributed by atoms with van der Waals surface area (Å²) in [7, 11) is 0. The van der Waals surface area contributed by atoms with Crippen LogP contribution in [0.15, 0.2) is 52.3 Å². The zero-order valence-electron chi connectivity index (χ0n) is 14.8. The third-order valence-electron chi connectivity index (χ3n) is 3.99. The first-order chi connectivity index (χ1) is 12.9. The van der Waals surface area contributed by atoms with Crippen LogP contribution in [0.5, 0.6) is 0 Å². The van der Waals surface area contributed by atoms with Crippen LogP contribution in [0, 0.1) is 11.6 Å². The second-order valence-electron chi connectivity index (χ2n) is 6.16. The van der Waals surface area contributed by atoms with Crippen LogP contribution >= 0.6 is 0 Å². The lowest BCUT2D eigenvalue weighted by atomic mass is 10.2. The number of hydrazone groups is 1. The van der Waals surface area contributed by atoms with Crippen molar-refractivity contribution in [1.29, 1.82) is 0 Å². The van der Waals surface area contributed by atoms with Gasteiger partial charge in [0.2, 0.25) is 0 Å². The Kier molecular flexibility index (Phi) is 5.49. The predicted molar refractivity (Wildman–Crippen MR) is 97.9 cm³/mol. The van der Waals surface area contributed by atoms with Crippen molar-refractivity contribution < 1.29 is 13.6 Å². The molecule has 2 aliphatic heterocycles. The number of carbonyl (C=O) groups excluding carboxylic acids is 1. The summed E-state index contributed by atoms with van der Waals surface area (Å²) < 4.78 is 27.5. The number of fused-ring (bicyclic) bond motifs is 1. The molecule has 142 valence electrons. The summed E-state index contributed by atoms with van der Waals surface area (Å²) >= 11 is 0. The van der Waals surface area contributed by atoms with Gasteiger partial charge in [-0.1, -0.05) is 24.3 Å². The van der Waals surface area contributed by atoms with Crippen molar-refractivity contribution in [3.05, 3.63) is 59.4 Å². The molecular weight excluding hydrogens is 354 g/mol. The molecule has 2 heterocycles. The topological polar surface area (TPSA) is 86.3 Å². The highest BCUT2D eigenvalue weighted by molar-refractivity contribution is 6.40. The SMILES string of the molecule is C/C1=C\CC/C=C/N2CC(=O)NN(Cc3cccc(F)c3F)N=C2C(N)=N1. The Morgan fingerprint density at radius 2 is 2.11 bits per heavy atom. The molecule has 1 aromatic rings. The van der Waals surface area contributed by atoms with E-state index < -0.39 is 11.6 Å². The first-order valence-corrected chi connectivity index (χ1v) is 8.47. The first-order valence-electron chi connectivity index (χ1n) is 8.47. The molecular formula is C18H20F2N6O. The summed E-state index contributed by atoms with van der Waals surface area (Å²) in [6.07, 6.45) is 7.16. The molecule has 0 spiro atoms. The molecule has 0 aromatic heterocycles. The number of hydrogen-bond acceptors (Lipinski definition) is 6. The minimum Gasteiger partial charge on any atom is -0.381 e. The molecule has 0 bridgehead atoms. The average Bonchev–Trinajstić information content (AvgIpc) is 2.76. The largest absolute Gasteiger partial charge is 0.381 e. The third kappa shape index (κ3) is 4.49. The second-order valence-corrected chi connectivity index (χ2v) is 6.16. The van der Waals surface area contributed by atoms with Crippen LogP contribution in [-0.4, -0.2) is 34.1 Å². The van der Waals surface area contributed by atoms with Crippen molar-refractivity contribution >= 4 is 17.6 Å². The maximum absolute atomic E-state index is 14.0. The third-order valence-corrected chi connectivity index (χ3v) is 3.99. The van der Waals surface area contributed by atoms with Gasteiger partial charge in [0.25, 0.3) is 5.91 Å². The van der Waals surface area contributed by atoms with E-state index >= 15 is 0 Å². The fourth-order valence-corrected chi connectivity index (χ4v) is 2.71. The Hall–Kier alpha value is -3.23. The van der Waals surface area contributed by atoms with Gasteiger partial charge in [0.1, 0.15) is 6.54 Å². The zero-order chi connectivity index (χ0) is 19.4. The number of nitrogens with two attached hydrogens (primary N) is 1. The Morgan fingerprint density at radius 1 is 1.30 bits per heavy atom. The van der Waals surface area contributed by atoms with Crippen LogP contribution in [0.4, 0.5) is 8.78 Å². The van der Waals surface area contributed by atoms with Gasteiger partial charge in [-0.05, 0) is 25.8 Å². The normalized spacial score (nSPS) is 21.1. The Balaban J connectivity index is 1.99. The number of nitrogens with zero attached hydrogens (tertiary/aromatic N) is 4. The summed E-state index contributed by atoms with van der Waals surface area (Å²) in [6.45, 7) is 1.62. The van der Waals surface area contributed by atoms with Crippen molar-refractivity contribution in [2.45, 2.75) is 26.3 Å². The fourth-order valence-electron chi connectivity index (χ4n) is 2.71. The molecule has 0 radical (unpaired) electrons. The van der Waals surface area contributed by atoms with E-state index in [-0.39, 0.29) is 36.2 Å². The summed E-state index contributed by atoms with van der Waals surface area (Å²) in [5, 5.41) is 5.46. The number of allylic oxidation sites excluding steroid dienone is 3. The molecule has 1 amide bonds. The van der Waals surface area contributed by atoms with Crippen molar-refractivity contribution in [1.82, 2.24) is 15.4 Å². The van der Waals surface area contributed by atoms with Crippen LogP contribution in [0.2, 0.25) is 0 Å². The highest BCUT2D eigenvalue weighted by Gasteiger charge is 2.24. The quantitative estimate of drug-likeness (QED) is 0.829. The van der Waals surface area contributed by atoms with Crippen molar-refractivity contribution in [3.8, 4) is 0 Å². The predicted octanol–water partition coefficient (Wildman–Crippen LogP) is 2.00. The molecule has 1 aromatic carbocycles. The van der Waals surface area contributed by atoms with Gasteiger partial charge in [-0.2, -0.15) is 5.12 Å². The van der Waals surface area contributed by atoms with E-state index in [0.717, 1.165) is 29.7 Å². The molecule has 2 aliphatic rings. The van der Waals surface area contributed by atoms with Crippen molar-refractivity contribution in [3.63, 3.8) is 0 Å². The van der Waals surface area contributed by atoms with Crippen LogP contribution < -0.4 is 11.2 Å². The highest BCUT2D eigenvalue weighted by Crippen LogP contribution is 2.15. The van der Waals surface area contributed by atoms with Crippen LogP contribution in [0.3, 0.4) is 0 Å². The van der Waals surface area contributed by atoms with Crippen LogP contribution in [-0.2, 0) is 11.3 Å². The van der Waals surface area contributed by atoms with Crippen molar-refractivity contribution in [2.24, 2.45) is 15.8 Å². The van der Waals surface area contributed by atoms with Crippen molar-refractivity contribution in [2.75, 3.05) is 6.54 Å². The summed E-state index contributed by atoms with van der Waals surface area (Å²) in [5.74, 6) is -1.95. The highest BCUT2D eigenvalue weighted by atomic mass is 19.2. The molecule has 27 heavy (non-hydrogen) atoms. The summed E-state index contributed by atoms with van der Waals surface area (Å²) in [4.78, 5) is 18.1. The Morgan fingerprint density at radius 3 is 2.93 bits per heavy atom. The molecule has 7 nitrogen and oxygen atoms in total. The number of aliphatic imine (C=N–C) groups is 1. The van der Waals surface area contributed by atoms with E-state index in [9.17, 15) is 13.6 Å².